The number of rotatable bonds is 10. The molecule has 0 atom stereocenters. The molecule has 0 aliphatic heterocycles. The van der Waals surface area contributed by atoms with Crippen molar-refractivity contribution in [1.29, 1.82) is 5.26 Å². The molecule has 3 rings (SSSR count). The number of hydrazone groups is 1. The van der Waals surface area contributed by atoms with Crippen molar-refractivity contribution >= 4 is 39.6 Å². The lowest BCUT2D eigenvalue weighted by atomic mass is 10.1. The van der Waals surface area contributed by atoms with Crippen LogP contribution in [0.1, 0.15) is 40.7 Å². The van der Waals surface area contributed by atoms with Crippen molar-refractivity contribution in [2.24, 2.45) is 5.10 Å². The smallest absolute Gasteiger partial charge is 0.240 e. The molecule has 3 aromatic carbocycles. The normalized spacial score (nSPS) is 10.6. The summed E-state index contributed by atoms with van der Waals surface area (Å²) in [5.41, 5.74) is 7.42. The maximum Gasteiger partial charge on any atom is 0.240 e. The number of nitrogens with one attached hydrogen (secondary N) is 2. The summed E-state index contributed by atoms with van der Waals surface area (Å²) in [5, 5.41) is 15.7. The van der Waals surface area contributed by atoms with Crippen LogP contribution >= 0.6 is 15.9 Å². The molecular formula is C28H27BrN4O4. The van der Waals surface area contributed by atoms with E-state index in [0.717, 1.165) is 22.4 Å². The lowest BCUT2D eigenvalue weighted by Crippen LogP contribution is -2.21. The van der Waals surface area contributed by atoms with Gasteiger partial charge in [-0.2, -0.15) is 10.4 Å². The Morgan fingerprint density at radius 3 is 2.51 bits per heavy atom. The molecule has 0 aromatic heterocycles. The van der Waals surface area contributed by atoms with Crippen molar-refractivity contribution in [1.82, 2.24) is 5.43 Å². The Labute approximate surface area is 224 Å². The molecule has 8 nitrogen and oxygen atoms in total. The Morgan fingerprint density at radius 1 is 1.08 bits per heavy atom. The van der Waals surface area contributed by atoms with Crippen LogP contribution in [0.4, 0.5) is 5.69 Å². The molecule has 2 N–H and O–H groups in total. The molecule has 0 bridgehead atoms. The lowest BCUT2D eigenvalue weighted by molar-refractivity contribution is -0.124. The average molecular weight is 563 g/mol. The molecule has 0 saturated heterocycles. The minimum atomic E-state index is -0.374. The number of hydrogen-bond acceptors (Lipinski definition) is 6. The fourth-order valence-electron chi connectivity index (χ4n) is 3.35. The SMILES string of the molecule is COc1cc(C=NNC(=O)CCC(=O)Nc2cccc(C)c2C)cc(Br)c1OCc1ccc(C#N)cc1. The van der Waals surface area contributed by atoms with Gasteiger partial charge in [0.1, 0.15) is 6.61 Å². The van der Waals surface area contributed by atoms with E-state index in [1.807, 2.05) is 44.2 Å². The summed E-state index contributed by atoms with van der Waals surface area (Å²) in [7, 11) is 1.53. The van der Waals surface area contributed by atoms with Gasteiger partial charge in [0.2, 0.25) is 11.8 Å². The number of aryl methyl sites for hydroxylation is 1. The van der Waals surface area contributed by atoms with E-state index in [9.17, 15) is 9.59 Å². The van der Waals surface area contributed by atoms with Crippen LogP contribution in [-0.2, 0) is 16.2 Å². The molecule has 37 heavy (non-hydrogen) atoms. The third-order valence-corrected chi connectivity index (χ3v) is 6.17. The van der Waals surface area contributed by atoms with Gasteiger partial charge >= 0.3 is 0 Å². The van der Waals surface area contributed by atoms with Gasteiger partial charge in [-0.25, -0.2) is 5.43 Å². The summed E-state index contributed by atoms with van der Waals surface area (Å²) >= 11 is 3.49. The van der Waals surface area contributed by atoms with E-state index in [1.165, 1.54) is 13.3 Å². The van der Waals surface area contributed by atoms with Crippen molar-refractivity contribution in [3.63, 3.8) is 0 Å². The number of nitriles is 1. The lowest BCUT2D eigenvalue weighted by Gasteiger charge is -2.13. The number of methoxy groups -OCH3 is 1. The number of carbonyl (C=O) groups is 2. The van der Waals surface area contributed by atoms with Crippen LogP contribution in [0, 0.1) is 25.2 Å². The Bertz CT molecular complexity index is 1350. The minimum absolute atomic E-state index is 0.00315. The van der Waals surface area contributed by atoms with Crippen LogP contribution in [0.25, 0.3) is 0 Å². The van der Waals surface area contributed by atoms with Crippen molar-refractivity contribution < 1.29 is 19.1 Å². The molecule has 0 radical (unpaired) electrons. The average Bonchev–Trinajstić information content (AvgIpc) is 2.89. The third kappa shape index (κ3) is 7.92. The first-order valence-electron chi connectivity index (χ1n) is 11.5. The summed E-state index contributed by atoms with van der Waals surface area (Å²) in [4.78, 5) is 24.4. The Hall–Kier alpha value is -4.16. The molecule has 2 amide bonds. The van der Waals surface area contributed by atoms with Crippen LogP contribution in [0.3, 0.4) is 0 Å². The molecular weight excluding hydrogens is 536 g/mol. The van der Waals surface area contributed by atoms with Crippen molar-refractivity contribution in [2.45, 2.75) is 33.3 Å². The van der Waals surface area contributed by atoms with Gasteiger partial charge in [0.05, 0.1) is 29.4 Å². The topological polar surface area (TPSA) is 113 Å². The zero-order chi connectivity index (χ0) is 26.8. The van der Waals surface area contributed by atoms with Crippen molar-refractivity contribution in [3.05, 3.63) is 86.9 Å². The quantitative estimate of drug-likeness (QED) is 0.254. The van der Waals surface area contributed by atoms with E-state index in [1.54, 1.807) is 24.3 Å². The summed E-state index contributed by atoms with van der Waals surface area (Å²) in [6, 6.07) is 18.4. The van der Waals surface area contributed by atoms with Crippen LogP contribution in [-0.4, -0.2) is 25.1 Å². The van der Waals surface area contributed by atoms with E-state index in [-0.39, 0.29) is 24.7 Å². The van der Waals surface area contributed by atoms with Gasteiger partial charge in [-0.05, 0) is 82.4 Å². The summed E-state index contributed by atoms with van der Waals surface area (Å²) < 4.78 is 12.0. The van der Waals surface area contributed by atoms with Crippen LogP contribution in [0.2, 0.25) is 0 Å². The summed E-state index contributed by atoms with van der Waals surface area (Å²) in [6.45, 7) is 4.21. The zero-order valence-corrected chi connectivity index (χ0v) is 22.4. The summed E-state index contributed by atoms with van der Waals surface area (Å²) in [5.74, 6) is 0.390. The number of ether oxygens (including phenoxy) is 2. The molecule has 0 aliphatic carbocycles. The zero-order valence-electron chi connectivity index (χ0n) is 20.8. The molecule has 3 aromatic rings. The van der Waals surface area contributed by atoms with Crippen molar-refractivity contribution in [3.8, 4) is 17.6 Å². The number of halogens is 1. The van der Waals surface area contributed by atoms with E-state index < -0.39 is 0 Å². The first kappa shape index (κ1) is 27.4. The number of benzene rings is 3. The van der Waals surface area contributed by atoms with Gasteiger partial charge in [0.15, 0.2) is 11.5 Å². The fourth-order valence-corrected chi connectivity index (χ4v) is 3.92. The first-order chi connectivity index (χ1) is 17.8. The van der Waals surface area contributed by atoms with Gasteiger partial charge in [-0.3, -0.25) is 9.59 Å². The minimum Gasteiger partial charge on any atom is -0.493 e. The Balaban J connectivity index is 1.52. The van der Waals surface area contributed by atoms with Crippen LogP contribution in [0.15, 0.2) is 64.2 Å². The maximum atomic E-state index is 12.2. The van der Waals surface area contributed by atoms with Gasteiger partial charge in [-0.15, -0.1) is 0 Å². The molecule has 0 saturated carbocycles. The monoisotopic (exact) mass is 562 g/mol. The predicted octanol–water partition coefficient (Wildman–Crippen LogP) is 5.39. The van der Waals surface area contributed by atoms with Gasteiger partial charge in [0, 0.05) is 18.5 Å². The highest BCUT2D eigenvalue weighted by molar-refractivity contribution is 9.10. The number of anilines is 1. The molecule has 190 valence electrons. The Morgan fingerprint density at radius 2 is 1.81 bits per heavy atom. The second-order valence-corrected chi connectivity index (χ2v) is 9.07. The van der Waals surface area contributed by atoms with Gasteiger partial charge in [-0.1, -0.05) is 24.3 Å². The highest BCUT2D eigenvalue weighted by Crippen LogP contribution is 2.36. The van der Waals surface area contributed by atoms with E-state index >= 15 is 0 Å². The summed E-state index contributed by atoms with van der Waals surface area (Å²) in [6.07, 6.45) is 1.52. The highest BCUT2D eigenvalue weighted by Gasteiger charge is 2.12. The van der Waals surface area contributed by atoms with Gasteiger partial charge in [0.25, 0.3) is 0 Å². The first-order valence-corrected chi connectivity index (χ1v) is 12.3. The van der Waals surface area contributed by atoms with E-state index in [2.05, 4.69) is 37.8 Å². The second-order valence-electron chi connectivity index (χ2n) is 8.22. The molecule has 0 aliphatic rings. The van der Waals surface area contributed by atoms with Crippen LogP contribution in [0.5, 0.6) is 11.5 Å². The number of carbonyl (C=O) groups excluding carboxylic acids is 2. The standard InChI is InChI=1S/C28H27BrN4O4/c1-18-5-4-6-24(19(18)2)32-26(34)11-12-27(35)33-31-16-22-13-23(29)28(25(14-22)36-3)37-17-21-9-7-20(15-30)8-10-21/h4-10,13-14,16H,11-12,17H2,1-3H3,(H,32,34)(H,33,35). The third-order valence-electron chi connectivity index (χ3n) is 5.58. The predicted molar refractivity (Wildman–Crippen MR) is 146 cm³/mol. The fraction of sp³-hybridized carbons (Fsp3) is 0.214. The number of amides is 2. The molecule has 0 fully saturated rings. The van der Waals surface area contributed by atoms with E-state index in [0.29, 0.717) is 33.7 Å². The number of hydrogen-bond donors (Lipinski definition) is 2. The highest BCUT2D eigenvalue weighted by atomic mass is 79.9. The Kier molecular flexibility index (Phi) is 9.81. The van der Waals surface area contributed by atoms with Crippen LogP contribution < -0.4 is 20.2 Å². The number of nitrogens with zero attached hydrogens (tertiary/aromatic N) is 2. The molecule has 0 unspecified atom stereocenters. The second kappa shape index (κ2) is 13.2. The van der Waals surface area contributed by atoms with E-state index in [4.69, 9.17) is 14.7 Å². The largest absolute Gasteiger partial charge is 0.493 e. The molecule has 0 spiro atoms. The maximum absolute atomic E-state index is 12.2. The van der Waals surface area contributed by atoms with Crippen molar-refractivity contribution in [2.75, 3.05) is 12.4 Å². The molecule has 0 heterocycles. The van der Waals surface area contributed by atoms with Gasteiger partial charge < -0.3 is 14.8 Å². The molecule has 9 heteroatoms.